The van der Waals surface area contributed by atoms with Gasteiger partial charge in [0.25, 0.3) is 0 Å². The minimum Gasteiger partial charge on any atom is -0.493 e. The summed E-state index contributed by atoms with van der Waals surface area (Å²) in [4.78, 5) is 15.3. The van der Waals surface area contributed by atoms with Crippen molar-refractivity contribution in [3.05, 3.63) is 24.3 Å². The number of esters is 1. The highest BCUT2D eigenvalue weighted by molar-refractivity contribution is 5.79. The number of hydrogen-bond acceptors (Lipinski definition) is 5. The molecular formula is C20H33N3O4. The third kappa shape index (κ3) is 9.72. The Bertz CT molecular complexity index is 578. The van der Waals surface area contributed by atoms with Crippen LogP contribution in [0.4, 0.5) is 0 Å². The number of methoxy groups -OCH3 is 2. The minimum atomic E-state index is -0.137. The second-order valence-corrected chi connectivity index (χ2v) is 6.20. The van der Waals surface area contributed by atoms with Crippen LogP contribution in [-0.4, -0.2) is 52.4 Å². The van der Waals surface area contributed by atoms with E-state index in [0.29, 0.717) is 13.0 Å². The molecule has 0 aliphatic heterocycles. The molecule has 0 bridgehead atoms. The Hall–Kier alpha value is -2.44. The van der Waals surface area contributed by atoms with Crippen molar-refractivity contribution in [1.29, 1.82) is 0 Å². The molecule has 27 heavy (non-hydrogen) atoms. The normalized spacial score (nSPS) is 12.2. The van der Waals surface area contributed by atoms with Crippen molar-refractivity contribution in [3.8, 4) is 11.5 Å². The molecule has 0 saturated heterocycles. The smallest absolute Gasteiger partial charge is 0.305 e. The Kier molecular flexibility index (Phi) is 11.5. The summed E-state index contributed by atoms with van der Waals surface area (Å²) < 4.78 is 15.8. The molecule has 0 aromatic heterocycles. The Labute approximate surface area is 162 Å². The highest BCUT2D eigenvalue weighted by Gasteiger charge is 2.09. The van der Waals surface area contributed by atoms with Gasteiger partial charge in [-0.3, -0.25) is 9.79 Å². The largest absolute Gasteiger partial charge is 0.493 e. The van der Waals surface area contributed by atoms with Crippen molar-refractivity contribution in [2.45, 2.75) is 45.1 Å². The van der Waals surface area contributed by atoms with Crippen LogP contribution in [0.3, 0.4) is 0 Å². The SMILES string of the molecule is CN=C(NCCCCCCC(=O)OC)NCC(C)Oc1ccccc1OC. The number of rotatable bonds is 12. The average molecular weight is 380 g/mol. The standard InChI is InChI=1S/C20H33N3O4/c1-16(27-18-12-9-8-11-17(18)25-3)15-23-20(21-2)22-14-10-6-5-7-13-19(24)26-4/h8-9,11-12,16H,5-7,10,13-15H2,1-4H3,(H2,21,22,23). The third-order valence-corrected chi connectivity index (χ3v) is 4.01. The second-order valence-electron chi connectivity index (χ2n) is 6.20. The van der Waals surface area contributed by atoms with Crippen molar-refractivity contribution in [1.82, 2.24) is 10.6 Å². The van der Waals surface area contributed by atoms with Crippen LogP contribution in [0.1, 0.15) is 39.0 Å². The van der Waals surface area contributed by atoms with Gasteiger partial charge in [-0.25, -0.2) is 0 Å². The van der Waals surface area contributed by atoms with E-state index in [1.165, 1.54) is 7.11 Å². The maximum Gasteiger partial charge on any atom is 0.305 e. The van der Waals surface area contributed by atoms with Crippen LogP contribution in [-0.2, 0) is 9.53 Å². The number of aliphatic imine (C=N–C) groups is 1. The molecule has 0 heterocycles. The fourth-order valence-corrected chi connectivity index (χ4v) is 2.49. The van der Waals surface area contributed by atoms with Crippen LogP contribution in [0.15, 0.2) is 29.3 Å². The van der Waals surface area contributed by atoms with Gasteiger partial charge in [-0.05, 0) is 31.9 Å². The molecular weight excluding hydrogens is 346 g/mol. The molecule has 1 atom stereocenters. The van der Waals surface area contributed by atoms with Crippen LogP contribution in [0.2, 0.25) is 0 Å². The fourth-order valence-electron chi connectivity index (χ4n) is 2.49. The van der Waals surface area contributed by atoms with E-state index in [0.717, 1.165) is 49.7 Å². The molecule has 0 spiro atoms. The number of hydrogen-bond donors (Lipinski definition) is 2. The number of ether oxygens (including phenoxy) is 3. The number of benzene rings is 1. The van der Waals surface area contributed by atoms with Gasteiger partial charge in [0, 0.05) is 20.0 Å². The zero-order valence-electron chi connectivity index (χ0n) is 16.9. The van der Waals surface area contributed by atoms with Gasteiger partial charge < -0.3 is 24.8 Å². The Morgan fingerprint density at radius 3 is 2.44 bits per heavy atom. The maximum atomic E-state index is 11.0. The first-order valence-electron chi connectivity index (χ1n) is 9.41. The molecule has 1 rings (SSSR count). The molecule has 7 nitrogen and oxygen atoms in total. The molecule has 1 unspecified atom stereocenters. The van der Waals surface area contributed by atoms with Gasteiger partial charge in [0.05, 0.1) is 20.8 Å². The van der Waals surface area contributed by atoms with Gasteiger partial charge in [0.15, 0.2) is 17.5 Å². The summed E-state index contributed by atoms with van der Waals surface area (Å²) in [5, 5.41) is 6.55. The molecule has 0 radical (unpaired) electrons. The molecule has 7 heteroatoms. The zero-order chi connectivity index (χ0) is 19.9. The molecule has 0 amide bonds. The minimum absolute atomic E-state index is 0.0434. The van der Waals surface area contributed by atoms with Gasteiger partial charge in [0.2, 0.25) is 0 Å². The van der Waals surface area contributed by atoms with Crippen LogP contribution in [0.5, 0.6) is 11.5 Å². The lowest BCUT2D eigenvalue weighted by Gasteiger charge is -2.19. The van der Waals surface area contributed by atoms with E-state index in [2.05, 4.69) is 20.4 Å². The molecule has 1 aromatic rings. The van der Waals surface area contributed by atoms with Crippen LogP contribution < -0.4 is 20.1 Å². The van der Waals surface area contributed by atoms with Gasteiger partial charge in [0.1, 0.15) is 6.10 Å². The number of nitrogens with one attached hydrogen (secondary N) is 2. The Morgan fingerprint density at radius 1 is 1.07 bits per heavy atom. The van der Waals surface area contributed by atoms with Crippen molar-refractivity contribution >= 4 is 11.9 Å². The van der Waals surface area contributed by atoms with E-state index in [9.17, 15) is 4.79 Å². The van der Waals surface area contributed by atoms with E-state index in [4.69, 9.17) is 9.47 Å². The predicted molar refractivity (Wildman–Crippen MR) is 108 cm³/mol. The topological polar surface area (TPSA) is 81.2 Å². The summed E-state index contributed by atoms with van der Waals surface area (Å²) in [6.07, 6.45) is 4.43. The fraction of sp³-hybridized carbons (Fsp3) is 0.600. The van der Waals surface area contributed by atoms with Gasteiger partial charge >= 0.3 is 5.97 Å². The summed E-state index contributed by atoms with van der Waals surface area (Å²) in [6, 6.07) is 7.60. The first-order valence-corrected chi connectivity index (χ1v) is 9.41. The first kappa shape index (κ1) is 22.6. The molecule has 152 valence electrons. The number of carbonyl (C=O) groups excluding carboxylic acids is 1. The number of carbonyl (C=O) groups is 1. The van der Waals surface area contributed by atoms with E-state index < -0.39 is 0 Å². The van der Waals surface area contributed by atoms with Crippen LogP contribution in [0.25, 0.3) is 0 Å². The lowest BCUT2D eigenvalue weighted by Crippen LogP contribution is -2.42. The van der Waals surface area contributed by atoms with Crippen molar-refractivity contribution in [2.75, 3.05) is 34.4 Å². The molecule has 0 aliphatic rings. The van der Waals surface area contributed by atoms with Crippen molar-refractivity contribution in [2.24, 2.45) is 4.99 Å². The van der Waals surface area contributed by atoms with Crippen LogP contribution >= 0.6 is 0 Å². The molecule has 1 aromatic carbocycles. The third-order valence-electron chi connectivity index (χ3n) is 4.01. The van der Waals surface area contributed by atoms with Crippen molar-refractivity contribution in [3.63, 3.8) is 0 Å². The van der Waals surface area contributed by atoms with E-state index >= 15 is 0 Å². The summed E-state index contributed by atoms with van der Waals surface area (Å²) in [7, 11) is 4.80. The number of unbranched alkanes of at least 4 members (excludes halogenated alkanes) is 3. The Morgan fingerprint density at radius 2 is 1.78 bits per heavy atom. The van der Waals surface area contributed by atoms with Gasteiger partial charge in [-0.1, -0.05) is 25.0 Å². The average Bonchev–Trinajstić information content (AvgIpc) is 2.69. The molecule has 0 aliphatic carbocycles. The summed E-state index contributed by atoms with van der Waals surface area (Å²) in [6.45, 7) is 3.45. The maximum absolute atomic E-state index is 11.0. The Balaban J connectivity index is 2.19. The summed E-state index contributed by atoms with van der Waals surface area (Å²) in [5.74, 6) is 2.06. The van der Waals surface area contributed by atoms with E-state index in [1.807, 2.05) is 31.2 Å². The first-order chi connectivity index (χ1) is 13.1. The number of guanidine groups is 1. The van der Waals surface area contributed by atoms with E-state index in [1.54, 1.807) is 14.2 Å². The predicted octanol–water partition coefficient (Wildman–Crippen LogP) is 2.75. The number of nitrogens with zero attached hydrogens (tertiary/aromatic N) is 1. The number of para-hydroxylation sites is 2. The lowest BCUT2D eigenvalue weighted by atomic mass is 10.1. The zero-order valence-corrected chi connectivity index (χ0v) is 16.9. The highest BCUT2D eigenvalue weighted by Crippen LogP contribution is 2.26. The van der Waals surface area contributed by atoms with Crippen molar-refractivity contribution < 1.29 is 19.0 Å². The van der Waals surface area contributed by atoms with Gasteiger partial charge in [-0.15, -0.1) is 0 Å². The quantitative estimate of drug-likeness (QED) is 0.252. The highest BCUT2D eigenvalue weighted by atomic mass is 16.5. The molecule has 0 saturated carbocycles. The monoisotopic (exact) mass is 379 g/mol. The summed E-state index contributed by atoms with van der Waals surface area (Å²) in [5.41, 5.74) is 0. The molecule has 0 fully saturated rings. The lowest BCUT2D eigenvalue weighted by molar-refractivity contribution is -0.140. The summed E-state index contributed by atoms with van der Waals surface area (Å²) >= 11 is 0. The van der Waals surface area contributed by atoms with E-state index in [-0.39, 0.29) is 12.1 Å². The van der Waals surface area contributed by atoms with Crippen LogP contribution in [0, 0.1) is 0 Å². The molecule has 2 N–H and O–H groups in total. The van der Waals surface area contributed by atoms with Gasteiger partial charge in [-0.2, -0.15) is 0 Å². The second kappa shape index (κ2) is 13.7.